The van der Waals surface area contributed by atoms with Crippen molar-refractivity contribution in [3.05, 3.63) is 0 Å². The number of amides is 1. The summed E-state index contributed by atoms with van der Waals surface area (Å²) >= 11 is 0. The summed E-state index contributed by atoms with van der Waals surface area (Å²) in [5.41, 5.74) is 0. The summed E-state index contributed by atoms with van der Waals surface area (Å²) in [6.45, 7) is 12.1. The van der Waals surface area contributed by atoms with Gasteiger partial charge in [0, 0.05) is 13.2 Å². The van der Waals surface area contributed by atoms with Crippen molar-refractivity contribution in [3.63, 3.8) is 0 Å². The third-order valence-electron chi connectivity index (χ3n) is 3.44. The van der Waals surface area contributed by atoms with Gasteiger partial charge in [0.2, 0.25) is 5.91 Å². The Hall–Kier alpha value is -0.610. The molecule has 0 aromatic rings. The van der Waals surface area contributed by atoms with Crippen LogP contribution in [0.1, 0.15) is 53.9 Å². The molecule has 0 saturated carbocycles. The lowest BCUT2D eigenvalue weighted by molar-refractivity contribution is -0.130. The monoisotopic (exact) mass is 270 g/mol. The van der Waals surface area contributed by atoms with E-state index >= 15 is 0 Å². The molecule has 112 valence electrons. The maximum absolute atomic E-state index is 12.3. The van der Waals surface area contributed by atoms with Gasteiger partial charge >= 0.3 is 0 Å². The Bertz CT molecular complexity index is 279. The third kappa shape index (κ3) is 5.49. The molecule has 2 atom stereocenters. The standard InChI is InChI=1S/C15H30N2O2/c1-11(2)10-14-15(18)17(13(5)16-14)8-6-7-9-19-12(3)4/h11-14,16H,6-10H2,1-5H3. The fourth-order valence-corrected chi connectivity index (χ4v) is 2.49. The van der Waals surface area contributed by atoms with E-state index in [2.05, 4.69) is 26.1 Å². The van der Waals surface area contributed by atoms with Crippen molar-refractivity contribution in [2.45, 2.75) is 72.2 Å². The van der Waals surface area contributed by atoms with Gasteiger partial charge in [0.15, 0.2) is 0 Å². The zero-order valence-electron chi connectivity index (χ0n) is 13.1. The van der Waals surface area contributed by atoms with Gasteiger partial charge in [-0.2, -0.15) is 0 Å². The molecule has 1 fully saturated rings. The van der Waals surface area contributed by atoms with Gasteiger partial charge in [-0.25, -0.2) is 0 Å². The van der Waals surface area contributed by atoms with E-state index in [0.717, 1.165) is 32.4 Å². The van der Waals surface area contributed by atoms with Gasteiger partial charge in [0.05, 0.1) is 18.3 Å². The van der Waals surface area contributed by atoms with Crippen molar-refractivity contribution in [2.75, 3.05) is 13.2 Å². The topological polar surface area (TPSA) is 41.6 Å². The molecule has 4 heteroatoms. The van der Waals surface area contributed by atoms with Crippen LogP contribution in [0, 0.1) is 5.92 Å². The number of nitrogens with one attached hydrogen (secondary N) is 1. The molecule has 4 nitrogen and oxygen atoms in total. The Kier molecular flexibility index (Phi) is 6.80. The van der Waals surface area contributed by atoms with Crippen LogP contribution >= 0.6 is 0 Å². The van der Waals surface area contributed by atoms with Gasteiger partial charge < -0.3 is 9.64 Å². The van der Waals surface area contributed by atoms with Crippen molar-refractivity contribution >= 4 is 5.91 Å². The zero-order chi connectivity index (χ0) is 14.4. The first-order valence-electron chi connectivity index (χ1n) is 7.60. The maximum atomic E-state index is 12.3. The molecule has 0 aromatic carbocycles. The number of carbonyl (C=O) groups excluding carboxylic acids is 1. The number of rotatable bonds is 8. The van der Waals surface area contributed by atoms with Crippen LogP contribution in [0.5, 0.6) is 0 Å². The molecule has 1 aliphatic rings. The van der Waals surface area contributed by atoms with E-state index in [0.29, 0.717) is 12.0 Å². The van der Waals surface area contributed by atoms with Crippen LogP contribution in [0.2, 0.25) is 0 Å². The Labute approximate surface area is 117 Å². The number of hydrogen-bond acceptors (Lipinski definition) is 3. The van der Waals surface area contributed by atoms with Crippen LogP contribution in [0.15, 0.2) is 0 Å². The van der Waals surface area contributed by atoms with Crippen LogP contribution in [-0.4, -0.2) is 42.3 Å². The van der Waals surface area contributed by atoms with Crippen molar-refractivity contribution in [1.82, 2.24) is 10.2 Å². The lowest BCUT2D eigenvalue weighted by atomic mass is 10.0. The molecule has 0 aromatic heterocycles. The molecule has 0 spiro atoms. The minimum Gasteiger partial charge on any atom is -0.379 e. The molecular formula is C15H30N2O2. The van der Waals surface area contributed by atoms with Gasteiger partial charge in [0.25, 0.3) is 0 Å². The molecule has 1 heterocycles. The highest BCUT2D eigenvalue weighted by Gasteiger charge is 2.35. The van der Waals surface area contributed by atoms with Gasteiger partial charge in [0.1, 0.15) is 0 Å². The number of nitrogens with zero attached hydrogens (tertiary/aromatic N) is 1. The summed E-state index contributed by atoms with van der Waals surface area (Å²) in [5, 5.41) is 3.39. The van der Waals surface area contributed by atoms with Gasteiger partial charge in [-0.15, -0.1) is 0 Å². The Balaban J connectivity index is 2.27. The minimum absolute atomic E-state index is 0.0157. The second kappa shape index (κ2) is 7.85. The first-order chi connectivity index (χ1) is 8.91. The SMILES string of the molecule is CC(C)CC1NC(C)N(CCCCOC(C)C)C1=O. The minimum atomic E-state index is 0.0157. The number of ether oxygens (including phenoxy) is 1. The van der Waals surface area contributed by atoms with Crippen molar-refractivity contribution < 1.29 is 9.53 Å². The lowest BCUT2D eigenvalue weighted by Crippen LogP contribution is -2.35. The highest BCUT2D eigenvalue weighted by Crippen LogP contribution is 2.17. The predicted molar refractivity (Wildman–Crippen MR) is 77.9 cm³/mol. The Morgan fingerprint density at radius 1 is 1.26 bits per heavy atom. The van der Waals surface area contributed by atoms with Gasteiger partial charge in [-0.1, -0.05) is 13.8 Å². The van der Waals surface area contributed by atoms with Crippen LogP contribution < -0.4 is 5.32 Å². The molecule has 2 unspecified atom stereocenters. The summed E-state index contributed by atoms with van der Waals surface area (Å²) < 4.78 is 5.51. The van der Waals surface area contributed by atoms with Crippen molar-refractivity contribution in [1.29, 1.82) is 0 Å². The molecule has 0 bridgehead atoms. The second-order valence-corrected chi connectivity index (χ2v) is 6.18. The molecule has 1 rings (SSSR count). The molecule has 0 radical (unpaired) electrons. The first-order valence-corrected chi connectivity index (χ1v) is 7.60. The van der Waals surface area contributed by atoms with Crippen LogP contribution in [0.3, 0.4) is 0 Å². The third-order valence-corrected chi connectivity index (χ3v) is 3.44. The summed E-state index contributed by atoms with van der Waals surface area (Å²) in [4.78, 5) is 14.2. The second-order valence-electron chi connectivity index (χ2n) is 6.18. The Morgan fingerprint density at radius 2 is 1.95 bits per heavy atom. The summed E-state index contributed by atoms with van der Waals surface area (Å²) in [6.07, 6.45) is 3.42. The summed E-state index contributed by atoms with van der Waals surface area (Å²) in [5.74, 6) is 0.819. The molecule has 19 heavy (non-hydrogen) atoms. The highest BCUT2D eigenvalue weighted by atomic mass is 16.5. The van der Waals surface area contributed by atoms with E-state index in [1.165, 1.54) is 0 Å². The first kappa shape index (κ1) is 16.4. The number of carbonyl (C=O) groups is 1. The number of hydrogen-bond donors (Lipinski definition) is 1. The molecule has 1 amide bonds. The Morgan fingerprint density at radius 3 is 2.53 bits per heavy atom. The van der Waals surface area contributed by atoms with Crippen LogP contribution in [0.4, 0.5) is 0 Å². The molecule has 1 N–H and O–H groups in total. The van der Waals surface area contributed by atoms with Crippen LogP contribution in [-0.2, 0) is 9.53 Å². The highest BCUT2D eigenvalue weighted by molar-refractivity contribution is 5.84. The van der Waals surface area contributed by atoms with E-state index in [1.807, 2.05) is 18.7 Å². The largest absolute Gasteiger partial charge is 0.379 e. The number of unbranched alkanes of at least 4 members (excludes halogenated alkanes) is 1. The fraction of sp³-hybridized carbons (Fsp3) is 0.933. The molecule has 1 aliphatic heterocycles. The van der Waals surface area contributed by atoms with E-state index in [-0.39, 0.29) is 18.1 Å². The van der Waals surface area contributed by atoms with E-state index < -0.39 is 0 Å². The molecule has 0 aliphatic carbocycles. The van der Waals surface area contributed by atoms with Crippen LogP contribution in [0.25, 0.3) is 0 Å². The summed E-state index contributed by atoms with van der Waals surface area (Å²) in [6, 6.07) is 0.0157. The van der Waals surface area contributed by atoms with E-state index in [9.17, 15) is 4.79 Å². The van der Waals surface area contributed by atoms with Crippen molar-refractivity contribution in [3.8, 4) is 0 Å². The molecule has 1 saturated heterocycles. The average molecular weight is 270 g/mol. The maximum Gasteiger partial charge on any atom is 0.241 e. The fourth-order valence-electron chi connectivity index (χ4n) is 2.49. The normalized spacial score (nSPS) is 23.9. The van der Waals surface area contributed by atoms with E-state index in [4.69, 9.17) is 4.74 Å². The van der Waals surface area contributed by atoms with Gasteiger partial charge in [-0.3, -0.25) is 10.1 Å². The molecular weight excluding hydrogens is 240 g/mol. The van der Waals surface area contributed by atoms with Crippen molar-refractivity contribution in [2.24, 2.45) is 5.92 Å². The lowest BCUT2D eigenvalue weighted by Gasteiger charge is -2.20. The smallest absolute Gasteiger partial charge is 0.241 e. The zero-order valence-corrected chi connectivity index (χ0v) is 13.1. The predicted octanol–water partition coefficient (Wildman–Crippen LogP) is 2.38. The van der Waals surface area contributed by atoms with Gasteiger partial charge in [-0.05, 0) is 46.0 Å². The summed E-state index contributed by atoms with van der Waals surface area (Å²) in [7, 11) is 0. The quantitative estimate of drug-likeness (QED) is 0.689. The average Bonchev–Trinajstić information content (AvgIpc) is 2.54. The van der Waals surface area contributed by atoms with E-state index in [1.54, 1.807) is 0 Å².